The fraction of sp³-hybridized carbons (Fsp3) is 0.200. The standard InChI is InChI=1S/C20H21N3O4S2/c1-22(14-16-7-6-8-17(13-16)27-2)19(24)15-23(20-21-11-12-28-20)29(25,26)18-9-4-3-5-10-18/h3-13H,14-15H2,1-2H3. The third kappa shape index (κ3) is 4.93. The van der Waals surface area contributed by atoms with Crippen LogP contribution >= 0.6 is 11.3 Å². The van der Waals surface area contributed by atoms with Gasteiger partial charge in [-0.15, -0.1) is 11.3 Å². The van der Waals surface area contributed by atoms with Crippen LogP contribution < -0.4 is 9.04 Å². The number of aromatic nitrogens is 1. The molecule has 0 fully saturated rings. The maximum Gasteiger partial charge on any atom is 0.266 e. The van der Waals surface area contributed by atoms with Crippen LogP contribution in [-0.4, -0.2) is 44.9 Å². The van der Waals surface area contributed by atoms with Crippen LogP contribution in [0, 0.1) is 0 Å². The number of anilines is 1. The zero-order chi connectivity index (χ0) is 20.9. The number of hydrogen-bond acceptors (Lipinski definition) is 6. The second-order valence-electron chi connectivity index (χ2n) is 6.24. The number of ether oxygens (including phenoxy) is 1. The van der Waals surface area contributed by atoms with Crippen LogP contribution in [0.15, 0.2) is 71.1 Å². The number of hydrogen-bond donors (Lipinski definition) is 0. The van der Waals surface area contributed by atoms with Gasteiger partial charge in [0.2, 0.25) is 5.91 Å². The molecule has 152 valence electrons. The molecule has 2 aromatic carbocycles. The summed E-state index contributed by atoms with van der Waals surface area (Å²) < 4.78 is 32.5. The molecule has 29 heavy (non-hydrogen) atoms. The smallest absolute Gasteiger partial charge is 0.266 e. The number of benzene rings is 2. The van der Waals surface area contributed by atoms with Crippen molar-refractivity contribution >= 4 is 32.4 Å². The van der Waals surface area contributed by atoms with Crippen molar-refractivity contribution in [3.8, 4) is 5.75 Å². The predicted octanol–water partition coefficient (Wildman–Crippen LogP) is 3.01. The van der Waals surface area contributed by atoms with Gasteiger partial charge in [0.05, 0.1) is 12.0 Å². The van der Waals surface area contributed by atoms with Gasteiger partial charge in [-0.3, -0.25) is 4.79 Å². The Morgan fingerprint density at radius 3 is 2.55 bits per heavy atom. The van der Waals surface area contributed by atoms with Crippen LogP contribution in [0.5, 0.6) is 5.75 Å². The normalized spacial score (nSPS) is 11.1. The van der Waals surface area contributed by atoms with Crippen molar-refractivity contribution in [3.63, 3.8) is 0 Å². The second-order valence-corrected chi connectivity index (χ2v) is 8.98. The van der Waals surface area contributed by atoms with E-state index < -0.39 is 10.0 Å². The zero-order valence-corrected chi connectivity index (χ0v) is 17.7. The molecule has 0 aliphatic rings. The Morgan fingerprint density at radius 1 is 1.14 bits per heavy atom. The van der Waals surface area contributed by atoms with Crippen molar-refractivity contribution < 1.29 is 17.9 Å². The van der Waals surface area contributed by atoms with Gasteiger partial charge in [-0.05, 0) is 29.8 Å². The summed E-state index contributed by atoms with van der Waals surface area (Å²) in [5.41, 5.74) is 0.881. The minimum atomic E-state index is -3.92. The van der Waals surface area contributed by atoms with Gasteiger partial charge in [0.25, 0.3) is 10.0 Å². The number of carbonyl (C=O) groups is 1. The molecule has 0 unspecified atom stereocenters. The lowest BCUT2D eigenvalue weighted by atomic mass is 10.2. The van der Waals surface area contributed by atoms with Gasteiger partial charge in [-0.25, -0.2) is 17.7 Å². The minimum absolute atomic E-state index is 0.110. The molecule has 0 aliphatic heterocycles. The average molecular weight is 432 g/mol. The number of carbonyl (C=O) groups excluding carboxylic acids is 1. The number of sulfonamides is 1. The van der Waals surface area contributed by atoms with Crippen molar-refractivity contribution in [3.05, 3.63) is 71.7 Å². The van der Waals surface area contributed by atoms with Crippen LogP contribution in [-0.2, 0) is 21.4 Å². The van der Waals surface area contributed by atoms with E-state index >= 15 is 0 Å². The Kier molecular flexibility index (Phi) is 6.50. The van der Waals surface area contributed by atoms with Gasteiger partial charge in [0.15, 0.2) is 5.13 Å². The molecule has 0 bridgehead atoms. The predicted molar refractivity (Wildman–Crippen MR) is 113 cm³/mol. The van der Waals surface area contributed by atoms with Gasteiger partial charge in [0, 0.05) is 25.2 Å². The summed E-state index contributed by atoms with van der Waals surface area (Å²) >= 11 is 1.16. The molecule has 1 heterocycles. The van der Waals surface area contributed by atoms with Gasteiger partial charge in [0.1, 0.15) is 12.3 Å². The van der Waals surface area contributed by atoms with E-state index in [0.29, 0.717) is 12.3 Å². The molecule has 3 rings (SSSR count). The SMILES string of the molecule is COc1cccc(CN(C)C(=O)CN(c2nccs2)S(=O)(=O)c2ccccc2)c1. The topological polar surface area (TPSA) is 79.8 Å². The first-order valence-electron chi connectivity index (χ1n) is 8.76. The van der Waals surface area contributed by atoms with E-state index in [-0.39, 0.29) is 22.5 Å². The second kappa shape index (κ2) is 9.06. The van der Waals surface area contributed by atoms with Crippen LogP contribution in [0.4, 0.5) is 5.13 Å². The summed E-state index contributed by atoms with van der Waals surface area (Å²) in [5, 5.41) is 1.92. The fourth-order valence-corrected chi connectivity index (χ4v) is 4.95. The number of nitrogens with zero attached hydrogens (tertiary/aromatic N) is 3. The Bertz CT molecular complexity index is 1050. The van der Waals surface area contributed by atoms with E-state index in [1.165, 1.54) is 23.2 Å². The van der Waals surface area contributed by atoms with Crippen molar-refractivity contribution in [1.29, 1.82) is 0 Å². The molecular formula is C20H21N3O4S2. The Labute approximate surface area is 174 Å². The van der Waals surface area contributed by atoms with E-state index in [2.05, 4.69) is 4.98 Å². The Balaban J connectivity index is 1.82. The first-order valence-corrected chi connectivity index (χ1v) is 11.1. The third-order valence-corrected chi connectivity index (χ3v) is 6.88. The van der Waals surface area contributed by atoms with E-state index in [1.54, 1.807) is 37.7 Å². The maximum absolute atomic E-state index is 13.1. The molecule has 0 atom stereocenters. The first-order chi connectivity index (χ1) is 13.9. The van der Waals surface area contributed by atoms with E-state index in [9.17, 15) is 13.2 Å². The number of amides is 1. The summed E-state index contributed by atoms with van der Waals surface area (Å²) in [6, 6.07) is 15.4. The molecule has 9 heteroatoms. The van der Waals surface area contributed by atoms with Crippen molar-refractivity contribution in [2.24, 2.45) is 0 Å². The third-order valence-electron chi connectivity index (χ3n) is 4.22. The highest BCUT2D eigenvalue weighted by Gasteiger charge is 2.29. The lowest BCUT2D eigenvalue weighted by Crippen LogP contribution is -2.41. The summed E-state index contributed by atoms with van der Waals surface area (Å²) in [5.74, 6) is 0.349. The summed E-state index contributed by atoms with van der Waals surface area (Å²) in [6.07, 6.45) is 1.51. The monoisotopic (exact) mass is 431 g/mol. The van der Waals surface area contributed by atoms with Crippen molar-refractivity contribution in [1.82, 2.24) is 9.88 Å². The highest BCUT2D eigenvalue weighted by Crippen LogP contribution is 2.25. The van der Waals surface area contributed by atoms with E-state index in [4.69, 9.17) is 4.74 Å². The molecule has 7 nitrogen and oxygen atoms in total. The fourth-order valence-electron chi connectivity index (χ4n) is 2.69. The zero-order valence-electron chi connectivity index (χ0n) is 16.1. The number of methoxy groups -OCH3 is 1. The van der Waals surface area contributed by atoms with Crippen LogP contribution in [0.1, 0.15) is 5.56 Å². The number of likely N-dealkylation sites (N-methyl/N-ethyl adjacent to an activating group) is 1. The summed E-state index contributed by atoms with van der Waals surface area (Å²) in [7, 11) is -0.709. The van der Waals surface area contributed by atoms with Crippen LogP contribution in [0.2, 0.25) is 0 Å². The Hall–Kier alpha value is -2.91. The molecule has 0 spiro atoms. The molecule has 0 saturated carbocycles. The number of rotatable bonds is 8. The van der Waals surface area contributed by atoms with Gasteiger partial charge in [-0.2, -0.15) is 0 Å². The first kappa shape index (κ1) is 20.8. The summed E-state index contributed by atoms with van der Waals surface area (Å²) in [4.78, 5) is 18.5. The largest absolute Gasteiger partial charge is 0.497 e. The minimum Gasteiger partial charge on any atom is -0.497 e. The highest BCUT2D eigenvalue weighted by molar-refractivity contribution is 7.93. The highest BCUT2D eigenvalue weighted by atomic mass is 32.2. The van der Waals surface area contributed by atoms with Crippen LogP contribution in [0.3, 0.4) is 0 Å². The van der Waals surface area contributed by atoms with Gasteiger partial charge >= 0.3 is 0 Å². The quantitative estimate of drug-likeness (QED) is 0.548. The van der Waals surface area contributed by atoms with Crippen LogP contribution in [0.25, 0.3) is 0 Å². The lowest BCUT2D eigenvalue weighted by molar-refractivity contribution is -0.128. The van der Waals surface area contributed by atoms with Gasteiger partial charge in [-0.1, -0.05) is 30.3 Å². The van der Waals surface area contributed by atoms with Crippen molar-refractivity contribution in [2.45, 2.75) is 11.4 Å². The Morgan fingerprint density at radius 2 is 1.90 bits per heavy atom. The number of thiazole rings is 1. The molecule has 1 amide bonds. The molecule has 0 N–H and O–H groups in total. The van der Waals surface area contributed by atoms with E-state index in [0.717, 1.165) is 21.2 Å². The van der Waals surface area contributed by atoms with Crippen molar-refractivity contribution in [2.75, 3.05) is 25.0 Å². The maximum atomic E-state index is 13.1. The molecule has 0 aliphatic carbocycles. The molecular weight excluding hydrogens is 410 g/mol. The molecule has 3 aromatic rings. The molecule has 1 aromatic heterocycles. The average Bonchev–Trinajstić information content (AvgIpc) is 3.26. The molecule has 0 radical (unpaired) electrons. The lowest BCUT2D eigenvalue weighted by Gasteiger charge is -2.24. The summed E-state index contributed by atoms with van der Waals surface area (Å²) in [6.45, 7) is -0.0155. The molecule has 0 saturated heterocycles. The van der Waals surface area contributed by atoms with E-state index in [1.807, 2.05) is 24.3 Å². The van der Waals surface area contributed by atoms with Gasteiger partial charge < -0.3 is 9.64 Å².